The van der Waals surface area contributed by atoms with Crippen molar-refractivity contribution < 1.29 is 4.74 Å². The van der Waals surface area contributed by atoms with Gasteiger partial charge >= 0.3 is 6.01 Å². The highest BCUT2D eigenvalue weighted by Gasteiger charge is 2.21. The molecule has 1 saturated heterocycles. The molecule has 3 heterocycles. The fourth-order valence-corrected chi connectivity index (χ4v) is 3.67. The second-order valence-corrected chi connectivity index (χ2v) is 7.90. The zero-order chi connectivity index (χ0) is 20.4. The summed E-state index contributed by atoms with van der Waals surface area (Å²) in [5.41, 5.74) is 9.74. The second kappa shape index (κ2) is 8.24. The summed E-state index contributed by atoms with van der Waals surface area (Å²) < 4.78 is 7.88. The Morgan fingerprint density at radius 3 is 2.76 bits per heavy atom. The molecular weight excluding hydrogens is 366 g/mol. The number of benzene rings is 1. The van der Waals surface area contributed by atoms with E-state index in [4.69, 9.17) is 10.5 Å². The third kappa shape index (κ3) is 4.12. The maximum absolute atomic E-state index is 6.16. The van der Waals surface area contributed by atoms with Crippen LogP contribution in [-0.2, 0) is 0 Å². The zero-order valence-corrected chi connectivity index (χ0v) is 17.2. The Balaban J connectivity index is 1.70. The Kier molecular flexibility index (Phi) is 5.53. The molecule has 154 valence electrons. The van der Waals surface area contributed by atoms with Gasteiger partial charge in [-0.1, -0.05) is 32.0 Å². The van der Waals surface area contributed by atoms with Gasteiger partial charge in [0.25, 0.3) is 0 Å². The minimum absolute atomic E-state index is 0.0507. The molecule has 0 saturated carbocycles. The fraction of sp³-hybridized carbons (Fsp3) is 0.476. The molecule has 2 atom stereocenters. The van der Waals surface area contributed by atoms with Crippen LogP contribution in [-0.4, -0.2) is 38.8 Å². The lowest BCUT2D eigenvalue weighted by Gasteiger charge is -2.23. The van der Waals surface area contributed by atoms with Gasteiger partial charge in [0.05, 0.1) is 12.2 Å². The van der Waals surface area contributed by atoms with Crippen LogP contribution in [0.15, 0.2) is 30.5 Å². The molecule has 3 aromatic rings. The number of anilines is 2. The lowest BCUT2D eigenvalue weighted by Crippen LogP contribution is -2.37. The number of piperidine rings is 1. The van der Waals surface area contributed by atoms with Crippen LogP contribution in [0.25, 0.3) is 5.65 Å². The maximum atomic E-state index is 6.16. The van der Waals surface area contributed by atoms with Crippen molar-refractivity contribution in [2.45, 2.75) is 51.7 Å². The Morgan fingerprint density at radius 2 is 2.03 bits per heavy atom. The van der Waals surface area contributed by atoms with Crippen LogP contribution in [0.5, 0.6) is 6.01 Å². The van der Waals surface area contributed by atoms with Crippen molar-refractivity contribution in [1.29, 1.82) is 0 Å². The number of para-hydroxylation sites is 1. The number of nitrogen functional groups attached to an aromatic ring is 1. The molecule has 0 amide bonds. The van der Waals surface area contributed by atoms with Crippen LogP contribution < -0.4 is 21.1 Å². The van der Waals surface area contributed by atoms with E-state index in [1.165, 1.54) is 0 Å². The monoisotopic (exact) mass is 395 g/mol. The van der Waals surface area contributed by atoms with Crippen molar-refractivity contribution >= 4 is 17.3 Å². The van der Waals surface area contributed by atoms with E-state index in [1.54, 1.807) is 4.52 Å². The molecule has 2 unspecified atom stereocenters. The Labute approximate surface area is 170 Å². The normalized spacial score (nSPS) is 18.1. The van der Waals surface area contributed by atoms with Crippen molar-refractivity contribution in [2.24, 2.45) is 0 Å². The molecule has 1 aliphatic rings. The number of hydrogen-bond donors (Lipinski definition) is 3. The molecule has 1 fully saturated rings. The lowest BCUT2D eigenvalue weighted by atomic mass is 10.1. The van der Waals surface area contributed by atoms with Crippen LogP contribution in [0.1, 0.15) is 56.7 Å². The zero-order valence-electron chi connectivity index (χ0n) is 17.2. The number of fused-ring (bicyclic) bond motifs is 1. The molecule has 0 aliphatic carbocycles. The summed E-state index contributed by atoms with van der Waals surface area (Å²) in [6.07, 6.45) is 4.02. The summed E-state index contributed by atoms with van der Waals surface area (Å²) in [5.74, 6) is 0.887. The number of nitrogens with two attached hydrogens (primary N) is 1. The molecular formula is C21H29N7O. The van der Waals surface area contributed by atoms with E-state index < -0.39 is 0 Å². The number of ether oxygens (including phenoxy) is 1. The van der Waals surface area contributed by atoms with Gasteiger partial charge in [-0.15, -0.1) is 0 Å². The molecule has 1 aromatic carbocycles. The highest BCUT2D eigenvalue weighted by molar-refractivity contribution is 5.55. The summed E-state index contributed by atoms with van der Waals surface area (Å²) in [7, 11) is 0. The second-order valence-electron chi connectivity index (χ2n) is 7.90. The van der Waals surface area contributed by atoms with Gasteiger partial charge in [-0.2, -0.15) is 19.6 Å². The summed E-state index contributed by atoms with van der Waals surface area (Å²) in [6, 6.07) is 8.16. The molecule has 2 aromatic heterocycles. The number of nitrogens with one attached hydrogen (secondary N) is 2. The molecule has 4 N–H and O–H groups in total. The Bertz CT molecular complexity index is 978. The molecule has 4 rings (SSSR count). The van der Waals surface area contributed by atoms with Crippen LogP contribution in [0.3, 0.4) is 0 Å². The Hall–Kier alpha value is -2.87. The fourth-order valence-electron chi connectivity index (χ4n) is 3.67. The topological polar surface area (TPSA) is 102 Å². The minimum atomic E-state index is -0.0507. The van der Waals surface area contributed by atoms with Gasteiger partial charge in [-0.05, 0) is 43.9 Å². The first kappa shape index (κ1) is 19.4. The van der Waals surface area contributed by atoms with E-state index in [1.807, 2.05) is 30.5 Å². The van der Waals surface area contributed by atoms with Gasteiger partial charge in [-0.25, -0.2) is 0 Å². The molecule has 0 bridgehead atoms. The highest BCUT2D eigenvalue weighted by atomic mass is 16.5. The molecule has 1 aliphatic heterocycles. The number of aromatic nitrogens is 4. The standard InChI is InChI=1S/C21H29N7O/c1-13(2)17-12-24-28-19(17)26-21(29-15-7-6-10-23-11-15)27-20(28)25-14(3)16-8-4-5-9-18(16)22/h4-5,8-9,12-15,23H,6-7,10-11,22H2,1-3H3,(H,25,26,27). The van der Waals surface area contributed by atoms with Crippen molar-refractivity contribution in [2.75, 3.05) is 24.1 Å². The first-order valence-electron chi connectivity index (χ1n) is 10.3. The highest BCUT2D eigenvalue weighted by Crippen LogP contribution is 2.27. The molecule has 29 heavy (non-hydrogen) atoms. The summed E-state index contributed by atoms with van der Waals surface area (Å²) in [4.78, 5) is 9.33. The molecule has 8 heteroatoms. The minimum Gasteiger partial charge on any atom is -0.459 e. The van der Waals surface area contributed by atoms with E-state index in [9.17, 15) is 0 Å². The van der Waals surface area contributed by atoms with Gasteiger partial charge in [0.1, 0.15) is 6.10 Å². The lowest BCUT2D eigenvalue weighted by molar-refractivity contribution is 0.153. The quantitative estimate of drug-likeness (QED) is 0.551. The average Bonchev–Trinajstić information content (AvgIpc) is 3.13. The first-order valence-corrected chi connectivity index (χ1v) is 10.3. The van der Waals surface area contributed by atoms with E-state index >= 15 is 0 Å². The van der Waals surface area contributed by atoms with Gasteiger partial charge in [0, 0.05) is 17.8 Å². The van der Waals surface area contributed by atoms with E-state index in [0.717, 1.165) is 48.4 Å². The van der Waals surface area contributed by atoms with Crippen molar-refractivity contribution in [3.05, 3.63) is 41.6 Å². The molecule has 8 nitrogen and oxygen atoms in total. The predicted molar refractivity (Wildman–Crippen MR) is 114 cm³/mol. The molecule has 0 spiro atoms. The van der Waals surface area contributed by atoms with Crippen molar-refractivity contribution in [3.63, 3.8) is 0 Å². The van der Waals surface area contributed by atoms with Gasteiger partial charge < -0.3 is 21.1 Å². The number of rotatable bonds is 6. The van der Waals surface area contributed by atoms with Crippen LogP contribution in [0.4, 0.5) is 11.6 Å². The van der Waals surface area contributed by atoms with Gasteiger partial charge in [0.2, 0.25) is 5.95 Å². The van der Waals surface area contributed by atoms with Crippen molar-refractivity contribution in [1.82, 2.24) is 24.9 Å². The first-order chi connectivity index (χ1) is 14.0. The van der Waals surface area contributed by atoms with Crippen molar-refractivity contribution in [3.8, 4) is 6.01 Å². The third-order valence-electron chi connectivity index (χ3n) is 5.33. The molecule has 0 radical (unpaired) electrons. The van der Waals surface area contributed by atoms with E-state index in [2.05, 4.69) is 46.5 Å². The predicted octanol–water partition coefficient (Wildman–Crippen LogP) is 3.13. The summed E-state index contributed by atoms with van der Waals surface area (Å²) in [6.45, 7) is 8.15. The van der Waals surface area contributed by atoms with Gasteiger partial charge in [-0.3, -0.25) is 0 Å². The summed E-state index contributed by atoms with van der Waals surface area (Å²) in [5, 5.41) is 11.3. The average molecular weight is 396 g/mol. The largest absolute Gasteiger partial charge is 0.459 e. The van der Waals surface area contributed by atoms with Crippen LogP contribution >= 0.6 is 0 Å². The van der Waals surface area contributed by atoms with E-state index in [0.29, 0.717) is 17.9 Å². The third-order valence-corrected chi connectivity index (χ3v) is 5.33. The SMILES string of the molecule is CC(C)c1cnn2c(NC(C)c3ccccc3N)nc(OC3CCCNC3)nc12. The smallest absolute Gasteiger partial charge is 0.322 e. The number of nitrogens with zero attached hydrogens (tertiary/aromatic N) is 4. The van der Waals surface area contributed by atoms with Gasteiger partial charge in [0.15, 0.2) is 5.65 Å². The summed E-state index contributed by atoms with van der Waals surface area (Å²) >= 11 is 0. The number of hydrogen-bond acceptors (Lipinski definition) is 7. The van der Waals surface area contributed by atoms with Crippen LogP contribution in [0.2, 0.25) is 0 Å². The Morgan fingerprint density at radius 1 is 1.21 bits per heavy atom. The van der Waals surface area contributed by atoms with Crippen LogP contribution in [0, 0.1) is 0 Å². The maximum Gasteiger partial charge on any atom is 0.322 e. The van der Waals surface area contributed by atoms with E-state index in [-0.39, 0.29) is 12.1 Å².